The maximum Gasteiger partial charge on any atom is 0.203 e. The number of hydrazone groups is 1. The van der Waals surface area contributed by atoms with Gasteiger partial charge >= 0.3 is 0 Å². The molecule has 0 amide bonds. The molecule has 2 aromatic carbocycles. The molecule has 6 heteroatoms. The summed E-state index contributed by atoms with van der Waals surface area (Å²) in [7, 11) is 0. The van der Waals surface area contributed by atoms with Crippen LogP contribution in [0.5, 0.6) is 11.5 Å². The monoisotopic (exact) mass is 381 g/mol. The molecule has 0 unspecified atom stereocenters. The fourth-order valence-electron chi connectivity index (χ4n) is 2.49. The number of thiazole rings is 1. The van der Waals surface area contributed by atoms with Gasteiger partial charge in [0.2, 0.25) is 5.13 Å². The highest BCUT2D eigenvalue weighted by atomic mass is 32.1. The van der Waals surface area contributed by atoms with Crippen molar-refractivity contribution in [2.24, 2.45) is 5.10 Å². The van der Waals surface area contributed by atoms with E-state index in [1.165, 1.54) is 16.9 Å². The van der Waals surface area contributed by atoms with Gasteiger partial charge in [-0.2, -0.15) is 5.10 Å². The van der Waals surface area contributed by atoms with Gasteiger partial charge in [0.1, 0.15) is 0 Å². The van der Waals surface area contributed by atoms with E-state index in [4.69, 9.17) is 9.47 Å². The van der Waals surface area contributed by atoms with Gasteiger partial charge in [0.25, 0.3) is 0 Å². The first-order valence-corrected chi connectivity index (χ1v) is 9.79. The second-order valence-electron chi connectivity index (χ2n) is 5.85. The average molecular weight is 382 g/mol. The van der Waals surface area contributed by atoms with E-state index in [0.29, 0.717) is 13.2 Å². The molecule has 27 heavy (non-hydrogen) atoms. The SMILES string of the molecule is CCOc1ccc(/C=N/Nc2nc(-c3ccc(C)cc3)cs2)cc1OCC. The summed E-state index contributed by atoms with van der Waals surface area (Å²) < 4.78 is 11.2. The van der Waals surface area contributed by atoms with Crippen molar-refractivity contribution in [3.63, 3.8) is 0 Å². The van der Waals surface area contributed by atoms with Crippen molar-refractivity contribution >= 4 is 22.7 Å². The maximum absolute atomic E-state index is 5.64. The third-order valence-electron chi connectivity index (χ3n) is 3.79. The number of ether oxygens (including phenoxy) is 2. The molecule has 0 fully saturated rings. The second-order valence-corrected chi connectivity index (χ2v) is 6.70. The van der Waals surface area contributed by atoms with Gasteiger partial charge in [0.05, 0.1) is 25.1 Å². The van der Waals surface area contributed by atoms with Gasteiger partial charge in [-0.3, -0.25) is 5.43 Å². The Labute approximate surface area is 163 Å². The van der Waals surface area contributed by atoms with E-state index in [1.54, 1.807) is 6.21 Å². The van der Waals surface area contributed by atoms with E-state index in [1.807, 2.05) is 37.4 Å². The molecule has 3 aromatic rings. The molecule has 0 aliphatic carbocycles. The highest BCUT2D eigenvalue weighted by molar-refractivity contribution is 7.14. The second kappa shape index (κ2) is 9.19. The minimum Gasteiger partial charge on any atom is -0.490 e. The van der Waals surface area contributed by atoms with Crippen LogP contribution in [-0.4, -0.2) is 24.4 Å². The van der Waals surface area contributed by atoms with E-state index >= 15 is 0 Å². The third-order valence-corrected chi connectivity index (χ3v) is 4.54. The van der Waals surface area contributed by atoms with Crippen LogP contribution in [0.1, 0.15) is 25.0 Å². The molecule has 0 aliphatic heterocycles. The number of aromatic nitrogens is 1. The van der Waals surface area contributed by atoms with Crippen LogP contribution in [0.4, 0.5) is 5.13 Å². The van der Waals surface area contributed by atoms with Crippen molar-refractivity contribution in [3.05, 3.63) is 59.0 Å². The first-order chi connectivity index (χ1) is 13.2. The minimum absolute atomic E-state index is 0.583. The zero-order chi connectivity index (χ0) is 19.1. The molecule has 5 nitrogen and oxygen atoms in total. The van der Waals surface area contributed by atoms with Crippen LogP contribution in [-0.2, 0) is 0 Å². The molecule has 0 atom stereocenters. The molecule has 0 radical (unpaired) electrons. The molecule has 0 aliphatic rings. The number of benzene rings is 2. The van der Waals surface area contributed by atoms with Crippen LogP contribution < -0.4 is 14.9 Å². The summed E-state index contributed by atoms with van der Waals surface area (Å²) >= 11 is 1.52. The van der Waals surface area contributed by atoms with Crippen molar-refractivity contribution in [1.82, 2.24) is 4.98 Å². The Bertz CT molecular complexity index is 904. The molecule has 1 aromatic heterocycles. The first-order valence-electron chi connectivity index (χ1n) is 8.91. The van der Waals surface area contributed by atoms with E-state index in [9.17, 15) is 0 Å². The lowest BCUT2D eigenvalue weighted by Crippen LogP contribution is -1.99. The normalized spacial score (nSPS) is 10.9. The minimum atomic E-state index is 0.583. The summed E-state index contributed by atoms with van der Waals surface area (Å²) in [4.78, 5) is 4.58. The zero-order valence-electron chi connectivity index (χ0n) is 15.7. The Morgan fingerprint density at radius 3 is 2.52 bits per heavy atom. The Kier molecular flexibility index (Phi) is 6.44. The van der Waals surface area contributed by atoms with Crippen LogP contribution in [0.25, 0.3) is 11.3 Å². The van der Waals surface area contributed by atoms with Gasteiger partial charge in [0.15, 0.2) is 11.5 Å². The lowest BCUT2D eigenvalue weighted by atomic mass is 10.1. The summed E-state index contributed by atoms with van der Waals surface area (Å²) in [5, 5.41) is 7.05. The summed E-state index contributed by atoms with van der Waals surface area (Å²) in [5.74, 6) is 1.46. The van der Waals surface area contributed by atoms with Crippen LogP contribution in [0, 0.1) is 6.92 Å². The fraction of sp³-hybridized carbons (Fsp3) is 0.238. The Morgan fingerprint density at radius 2 is 1.78 bits per heavy atom. The number of hydrogen-bond acceptors (Lipinski definition) is 6. The van der Waals surface area contributed by atoms with Gasteiger partial charge in [0, 0.05) is 10.9 Å². The van der Waals surface area contributed by atoms with E-state index < -0.39 is 0 Å². The van der Waals surface area contributed by atoms with Gasteiger partial charge in [-0.05, 0) is 44.5 Å². The predicted molar refractivity (Wildman–Crippen MR) is 112 cm³/mol. The van der Waals surface area contributed by atoms with Crippen molar-refractivity contribution < 1.29 is 9.47 Å². The van der Waals surface area contributed by atoms with Crippen molar-refractivity contribution in [2.75, 3.05) is 18.6 Å². The third kappa shape index (κ3) is 5.08. The highest BCUT2D eigenvalue weighted by Crippen LogP contribution is 2.28. The van der Waals surface area contributed by atoms with Gasteiger partial charge < -0.3 is 9.47 Å². The Morgan fingerprint density at radius 1 is 1.04 bits per heavy atom. The molecule has 0 saturated carbocycles. The number of aryl methyl sites for hydroxylation is 1. The first kappa shape index (κ1) is 18.9. The topological polar surface area (TPSA) is 55.7 Å². The Balaban J connectivity index is 1.67. The summed E-state index contributed by atoms with van der Waals surface area (Å²) in [6.45, 7) is 7.16. The number of anilines is 1. The van der Waals surface area contributed by atoms with Crippen LogP contribution >= 0.6 is 11.3 Å². The zero-order valence-corrected chi connectivity index (χ0v) is 16.5. The van der Waals surface area contributed by atoms with E-state index in [0.717, 1.165) is 33.5 Å². The van der Waals surface area contributed by atoms with Gasteiger partial charge in [-0.25, -0.2) is 4.98 Å². The molecule has 0 spiro atoms. The van der Waals surface area contributed by atoms with Crippen molar-refractivity contribution in [2.45, 2.75) is 20.8 Å². The van der Waals surface area contributed by atoms with Crippen LogP contribution in [0.3, 0.4) is 0 Å². The lowest BCUT2D eigenvalue weighted by Gasteiger charge is -2.11. The van der Waals surface area contributed by atoms with E-state index in [2.05, 4.69) is 46.7 Å². The highest BCUT2D eigenvalue weighted by Gasteiger charge is 2.06. The summed E-state index contributed by atoms with van der Waals surface area (Å²) in [6, 6.07) is 14.1. The Hall–Kier alpha value is -2.86. The molecule has 0 bridgehead atoms. The number of rotatable bonds is 8. The quantitative estimate of drug-likeness (QED) is 0.421. The smallest absolute Gasteiger partial charge is 0.203 e. The fourth-order valence-corrected chi connectivity index (χ4v) is 3.16. The van der Waals surface area contributed by atoms with Crippen LogP contribution in [0.15, 0.2) is 52.9 Å². The average Bonchev–Trinajstić information content (AvgIpc) is 3.14. The summed E-state index contributed by atoms with van der Waals surface area (Å²) in [6.07, 6.45) is 1.74. The van der Waals surface area contributed by atoms with Crippen molar-refractivity contribution in [3.8, 4) is 22.8 Å². The predicted octanol–water partition coefficient (Wildman–Crippen LogP) is 5.36. The van der Waals surface area contributed by atoms with Crippen molar-refractivity contribution in [1.29, 1.82) is 0 Å². The number of hydrogen-bond donors (Lipinski definition) is 1. The maximum atomic E-state index is 5.64. The standard InChI is InChI=1S/C21H23N3O2S/c1-4-25-19-11-8-16(12-20(19)26-5-2)13-22-24-21-23-18(14-27-21)17-9-6-15(3)7-10-17/h6-14H,4-5H2,1-3H3,(H,23,24)/b22-13+. The largest absolute Gasteiger partial charge is 0.490 e. The molecule has 1 heterocycles. The summed E-state index contributed by atoms with van der Waals surface area (Å²) in [5.41, 5.74) is 7.19. The molecular weight excluding hydrogens is 358 g/mol. The van der Waals surface area contributed by atoms with Gasteiger partial charge in [-0.15, -0.1) is 11.3 Å². The molecule has 140 valence electrons. The molecule has 3 rings (SSSR count). The van der Waals surface area contributed by atoms with E-state index in [-0.39, 0.29) is 0 Å². The number of nitrogens with one attached hydrogen (secondary N) is 1. The lowest BCUT2D eigenvalue weighted by molar-refractivity contribution is 0.288. The molecular formula is C21H23N3O2S. The van der Waals surface area contributed by atoms with Gasteiger partial charge in [-0.1, -0.05) is 29.8 Å². The molecule has 1 N–H and O–H groups in total. The van der Waals surface area contributed by atoms with Crippen LogP contribution in [0.2, 0.25) is 0 Å². The number of nitrogens with zero attached hydrogens (tertiary/aromatic N) is 2. The molecule has 0 saturated heterocycles.